The van der Waals surface area contributed by atoms with Gasteiger partial charge in [0.25, 0.3) is 11.8 Å². The van der Waals surface area contributed by atoms with Gasteiger partial charge in [0, 0.05) is 0 Å². The first-order valence-corrected chi connectivity index (χ1v) is 9.14. The molecule has 0 aromatic heterocycles. The van der Waals surface area contributed by atoms with E-state index in [1.54, 1.807) is 24.3 Å². The third-order valence-corrected chi connectivity index (χ3v) is 4.99. The summed E-state index contributed by atoms with van der Waals surface area (Å²) in [6.45, 7) is 0. The van der Waals surface area contributed by atoms with Crippen LogP contribution in [-0.4, -0.2) is 30.1 Å². The van der Waals surface area contributed by atoms with Crippen LogP contribution in [0.3, 0.4) is 0 Å². The van der Waals surface area contributed by atoms with Gasteiger partial charge < -0.3 is 9.84 Å². The first-order valence-electron chi connectivity index (χ1n) is 7.55. The monoisotopic (exact) mass is 494 g/mol. The zero-order valence-electron chi connectivity index (χ0n) is 13.8. The Bertz CT molecular complexity index is 963. The van der Waals surface area contributed by atoms with Gasteiger partial charge in [-0.3, -0.25) is 14.9 Å². The predicted molar refractivity (Wildman–Crippen MR) is 106 cm³/mol. The van der Waals surface area contributed by atoms with Gasteiger partial charge in [-0.1, -0.05) is 0 Å². The fourth-order valence-corrected chi connectivity index (χ4v) is 3.68. The molecule has 0 atom stereocenters. The Labute approximate surface area is 170 Å². The first kappa shape index (κ1) is 19.1. The van der Waals surface area contributed by atoms with Crippen molar-refractivity contribution < 1.29 is 24.2 Å². The normalized spacial score (nSPS) is 15.9. The molecule has 2 aromatic carbocycles. The minimum absolute atomic E-state index is 0.00777. The number of hydrogen-bond acceptors (Lipinski definition) is 5. The molecule has 7 nitrogen and oxygen atoms in total. The summed E-state index contributed by atoms with van der Waals surface area (Å²) < 4.78 is 5.83. The van der Waals surface area contributed by atoms with E-state index in [0.717, 1.165) is 4.90 Å². The van der Waals surface area contributed by atoms with Gasteiger partial charge in [0.15, 0.2) is 0 Å². The molecular formula is C18H12Br2N2O5. The topological polar surface area (TPSA) is 95.9 Å². The number of amides is 4. The highest BCUT2D eigenvalue weighted by Crippen LogP contribution is 2.34. The molecule has 1 saturated heterocycles. The maximum absolute atomic E-state index is 12.8. The number of hydrogen-bond donors (Lipinski definition) is 2. The summed E-state index contributed by atoms with van der Waals surface area (Å²) >= 11 is 6.39. The summed E-state index contributed by atoms with van der Waals surface area (Å²) in [6.07, 6.45) is 1.34. The standard InChI is InChI=1S/C18H12Br2N2O5/c1-27-11-4-2-10(3-5-11)22-17(25)12(16(24)21-18(22)26)6-9-7-13(19)15(23)14(20)8-9/h2-8,23H,1H3,(H,21,24,26). The largest absolute Gasteiger partial charge is 0.506 e. The van der Waals surface area contributed by atoms with Crippen LogP contribution >= 0.6 is 31.9 Å². The predicted octanol–water partition coefficient (Wildman–Crippen LogP) is 3.59. The molecule has 2 N–H and O–H groups in total. The Morgan fingerprint density at radius 1 is 1.07 bits per heavy atom. The number of carbonyl (C=O) groups excluding carboxylic acids is 3. The third-order valence-electron chi connectivity index (χ3n) is 3.78. The maximum atomic E-state index is 12.8. The quantitative estimate of drug-likeness (QED) is 0.501. The van der Waals surface area contributed by atoms with Crippen molar-refractivity contribution in [1.82, 2.24) is 5.32 Å². The van der Waals surface area contributed by atoms with Crippen LogP contribution in [0.15, 0.2) is 50.9 Å². The zero-order valence-corrected chi connectivity index (χ0v) is 17.0. The number of carbonyl (C=O) groups is 3. The molecule has 0 unspecified atom stereocenters. The fraction of sp³-hybridized carbons (Fsp3) is 0.0556. The summed E-state index contributed by atoms with van der Waals surface area (Å²) in [6, 6.07) is 8.53. The summed E-state index contributed by atoms with van der Waals surface area (Å²) in [5.74, 6) is -0.995. The van der Waals surface area contributed by atoms with Gasteiger partial charge in [0.2, 0.25) is 0 Å². The van der Waals surface area contributed by atoms with E-state index in [0.29, 0.717) is 25.9 Å². The van der Waals surface area contributed by atoms with E-state index in [2.05, 4.69) is 37.2 Å². The van der Waals surface area contributed by atoms with Gasteiger partial charge in [-0.15, -0.1) is 0 Å². The molecule has 0 aliphatic carbocycles. The molecule has 0 spiro atoms. The van der Waals surface area contributed by atoms with Crippen LogP contribution in [-0.2, 0) is 9.59 Å². The van der Waals surface area contributed by atoms with E-state index in [-0.39, 0.29) is 11.3 Å². The number of phenols is 1. The lowest BCUT2D eigenvalue weighted by molar-refractivity contribution is -0.122. The van der Waals surface area contributed by atoms with E-state index in [4.69, 9.17) is 4.74 Å². The van der Waals surface area contributed by atoms with E-state index in [1.165, 1.54) is 25.3 Å². The molecular weight excluding hydrogens is 484 g/mol. The van der Waals surface area contributed by atoms with Crippen molar-refractivity contribution in [1.29, 1.82) is 0 Å². The summed E-state index contributed by atoms with van der Waals surface area (Å²) in [5, 5.41) is 11.9. The molecule has 1 aliphatic heterocycles. The van der Waals surface area contributed by atoms with Gasteiger partial charge in [-0.25, -0.2) is 9.69 Å². The van der Waals surface area contributed by atoms with Crippen molar-refractivity contribution in [2.45, 2.75) is 0 Å². The van der Waals surface area contributed by atoms with E-state index in [1.807, 2.05) is 0 Å². The second-order valence-electron chi connectivity index (χ2n) is 5.49. The number of benzene rings is 2. The zero-order chi connectivity index (χ0) is 19.7. The van der Waals surface area contributed by atoms with Crippen LogP contribution in [0.5, 0.6) is 11.5 Å². The number of anilines is 1. The van der Waals surface area contributed by atoms with Gasteiger partial charge in [0.05, 0.1) is 21.7 Å². The Balaban J connectivity index is 2.01. The number of phenolic OH excluding ortho intramolecular Hbond substituents is 1. The molecule has 9 heteroatoms. The van der Waals surface area contributed by atoms with E-state index in [9.17, 15) is 19.5 Å². The number of rotatable bonds is 3. The van der Waals surface area contributed by atoms with E-state index < -0.39 is 17.8 Å². The SMILES string of the molecule is COc1ccc(N2C(=O)NC(=O)C(=Cc3cc(Br)c(O)c(Br)c3)C2=O)cc1. The summed E-state index contributed by atoms with van der Waals surface area (Å²) in [5.41, 5.74) is 0.564. The molecule has 2 aromatic rings. The minimum Gasteiger partial charge on any atom is -0.506 e. The lowest BCUT2D eigenvalue weighted by Crippen LogP contribution is -2.54. The minimum atomic E-state index is -0.833. The van der Waals surface area contributed by atoms with Crippen molar-refractivity contribution in [2.24, 2.45) is 0 Å². The summed E-state index contributed by atoms with van der Waals surface area (Å²) in [4.78, 5) is 38.1. The number of nitrogens with one attached hydrogen (secondary N) is 1. The molecule has 4 amide bonds. The highest BCUT2D eigenvalue weighted by Gasteiger charge is 2.36. The third kappa shape index (κ3) is 3.74. The lowest BCUT2D eigenvalue weighted by atomic mass is 10.1. The van der Waals surface area contributed by atoms with Crippen molar-refractivity contribution in [3.05, 3.63) is 56.5 Å². The highest BCUT2D eigenvalue weighted by atomic mass is 79.9. The molecule has 1 heterocycles. The molecule has 27 heavy (non-hydrogen) atoms. The summed E-state index contributed by atoms with van der Waals surface area (Å²) in [7, 11) is 1.50. The van der Waals surface area contributed by atoms with Crippen LogP contribution in [0, 0.1) is 0 Å². The Morgan fingerprint density at radius 2 is 1.67 bits per heavy atom. The molecule has 1 aliphatic rings. The van der Waals surface area contributed by atoms with Crippen LogP contribution < -0.4 is 15.0 Å². The number of methoxy groups -OCH3 is 1. The second kappa shape index (κ2) is 7.53. The van der Waals surface area contributed by atoms with Crippen LogP contribution in [0.25, 0.3) is 6.08 Å². The average Bonchev–Trinajstić information content (AvgIpc) is 2.63. The number of aromatic hydroxyl groups is 1. The van der Waals surface area contributed by atoms with Crippen molar-refractivity contribution in [3.63, 3.8) is 0 Å². The lowest BCUT2D eigenvalue weighted by Gasteiger charge is -2.26. The van der Waals surface area contributed by atoms with Gasteiger partial charge in [-0.05, 0) is 79.9 Å². The highest BCUT2D eigenvalue weighted by molar-refractivity contribution is 9.11. The molecule has 0 radical (unpaired) electrons. The molecule has 0 bridgehead atoms. The van der Waals surface area contributed by atoms with Crippen molar-refractivity contribution in [3.8, 4) is 11.5 Å². The van der Waals surface area contributed by atoms with Crippen molar-refractivity contribution >= 4 is 61.5 Å². The number of urea groups is 1. The number of nitrogens with zero attached hydrogens (tertiary/aromatic N) is 1. The molecule has 0 saturated carbocycles. The van der Waals surface area contributed by atoms with Gasteiger partial charge >= 0.3 is 6.03 Å². The smallest absolute Gasteiger partial charge is 0.335 e. The van der Waals surface area contributed by atoms with Crippen LogP contribution in [0.4, 0.5) is 10.5 Å². The number of imide groups is 2. The fourth-order valence-electron chi connectivity index (χ4n) is 2.46. The second-order valence-corrected chi connectivity index (χ2v) is 7.20. The van der Waals surface area contributed by atoms with Crippen molar-refractivity contribution in [2.75, 3.05) is 12.0 Å². The molecule has 138 valence electrons. The van der Waals surface area contributed by atoms with Crippen LogP contribution in [0.2, 0.25) is 0 Å². The Kier molecular flexibility index (Phi) is 5.33. The molecule has 3 rings (SSSR count). The van der Waals surface area contributed by atoms with E-state index >= 15 is 0 Å². The van der Waals surface area contributed by atoms with Gasteiger partial charge in [-0.2, -0.15) is 0 Å². The number of ether oxygens (including phenoxy) is 1. The van der Waals surface area contributed by atoms with Crippen LogP contribution in [0.1, 0.15) is 5.56 Å². The average molecular weight is 496 g/mol. The maximum Gasteiger partial charge on any atom is 0.335 e. The number of halogens is 2. The first-order chi connectivity index (χ1) is 12.8. The number of barbiturate groups is 1. The Hall–Kier alpha value is -2.65. The van der Waals surface area contributed by atoms with Gasteiger partial charge in [0.1, 0.15) is 17.1 Å². The molecule has 1 fully saturated rings. The Morgan fingerprint density at radius 3 is 2.22 bits per heavy atom.